The molecular weight excluding hydrogens is 294 g/mol. The lowest BCUT2D eigenvalue weighted by atomic mass is 9.82. The molecular formula is C22H33NO. The molecule has 0 saturated carbocycles. The van der Waals surface area contributed by atoms with Gasteiger partial charge in [0.05, 0.1) is 12.1 Å². The molecule has 3 unspecified atom stereocenters. The van der Waals surface area contributed by atoms with Gasteiger partial charge in [-0.3, -0.25) is 4.99 Å². The van der Waals surface area contributed by atoms with Gasteiger partial charge in [0.1, 0.15) is 0 Å². The lowest BCUT2D eigenvalue weighted by Crippen LogP contribution is -2.18. The Morgan fingerprint density at radius 3 is 2.58 bits per heavy atom. The number of aliphatic hydroxyl groups excluding tert-OH is 1. The van der Waals surface area contributed by atoms with Gasteiger partial charge >= 0.3 is 0 Å². The maximum Gasteiger partial charge on any atom is 0.0819 e. The van der Waals surface area contributed by atoms with Crippen molar-refractivity contribution < 1.29 is 5.11 Å². The molecule has 0 radical (unpaired) electrons. The molecule has 0 saturated heterocycles. The summed E-state index contributed by atoms with van der Waals surface area (Å²) in [6.07, 6.45) is 12.4. The molecule has 2 heteroatoms. The predicted molar refractivity (Wildman–Crippen MR) is 104 cm³/mol. The minimum atomic E-state index is -0.405. The van der Waals surface area contributed by atoms with Gasteiger partial charge in [-0.05, 0) is 54.7 Å². The highest BCUT2D eigenvalue weighted by Crippen LogP contribution is 2.35. The van der Waals surface area contributed by atoms with Crippen LogP contribution in [-0.2, 0) is 0 Å². The van der Waals surface area contributed by atoms with E-state index in [4.69, 9.17) is 0 Å². The minimum absolute atomic E-state index is 0.212. The van der Waals surface area contributed by atoms with Crippen LogP contribution in [0.3, 0.4) is 0 Å². The normalized spacial score (nSPS) is 20.8. The Labute approximate surface area is 147 Å². The van der Waals surface area contributed by atoms with Crippen LogP contribution in [0.25, 0.3) is 0 Å². The Bertz CT molecular complexity index is 549. The monoisotopic (exact) mass is 327 g/mol. The summed E-state index contributed by atoms with van der Waals surface area (Å²) < 4.78 is 0. The first-order chi connectivity index (χ1) is 11.7. The zero-order chi connectivity index (χ0) is 17.4. The molecule has 1 heterocycles. The summed E-state index contributed by atoms with van der Waals surface area (Å²) in [5.41, 5.74) is 2.48. The van der Waals surface area contributed by atoms with Gasteiger partial charge in [0.2, 0.25) is 0 Å². The summed E-state index contributed by atoms with van der Waals surface area (Å²) in [6.45, 7) is 6.66. The average molecular weight is 328 g/mol. The van der Waals surface area contributed by atoms with Crippen molar-refractivity contribution in [1.29, 1.82) is 0 Å². The Kier molecular flexibility index (Phi) is 7.71. The maximum atomic E-state index is 11.0. The third-order valence-electron chi connectivity index (χ3n) is 5.26. The molecule has 1 aromatic rings. The van der Waals surface area contributed by atoms with Crippen LogP contribution in [0.1, 0.15) is 82.4 Å². The van der Waals surface area contributed by atoms with E-state index in [0.717, 1.165) is 24.8 Å². The Morgan fingerprint density at radius 1 is 1.21 bits per heavy atom. The lowest BCUT2D eigenvalue weighted by Gasteiger charge is -2.27. The first-order valence-corrected chi connectivity index (χ1v) is 9.62. The third-order valence-corrected chi connectivity index (χ3v) is 5.26. The number of hydrogen-bond donors (Lipinski definition) is 1. The fraction of sp³-hybridized carbons (Fsp3) is 0.591. The van der Waals surface area contributed by atoms with Gasteiger partial charge in [-0.2, -0.15) is 0 Å². The molecule has 0 amide bonds. The Morgan fingerprint density at radius 2 is 1.96 bits per heavy atom. The molecule has 0 bridgehead atoms. The van der Waals surface area contributed by atoms with Gasteiger partial charge in [-0.25, -0.2) is 0 Å². The molecule has 0 spiro atoms. The van der Waals surface area contributed by atoms with Crippen molar-refractivity contribution in [1.82, 2.24) is 0 Å². The van der Waals surface area contributed by atoms with Gasteiger partial charge < -0.3 is 5.11 Å². The van der Waals surface area contributed by atoms with Crippen molar-refractivity contribution in [2.24, 2.45) is 10.9 Å². The summed E-state index contributed by atoms with van der Waals surface area (Å²) in [4.78, 5) is 4.54. The second-order valence-corrected chi connectivity index (χ2v) is 7.15. The van der Waals surface area contributed by atoms with E-state index in [2.05, 4.69) is 56.1 Å². The van der Waals surface area contributed by atoms with E-state index in [-0.39, 0.29) is 5.92 Å². The summed E-state index contributed by atoms with van der Waals surface area (Å²) in [5, 5.41) is 11.0. The summed E-state index contributed by atoms with van der Waals surface area (Å²) in [6, 6.07) is 8.82. The van der Waals surface area contributed by atoms with Crippen LogP contribution in [-0.4, -0.2) is 17.4 Å². The zero-order valence-corrected chi connectivity index (χ0v) is 15.5. The van der Waals surface area contributed by atoms with Gasteiger partial charge in [-0.15, -0.1) is 0 Å². The van der Waals surface area contributed by atoms with Crippen LogP contribution in [0.5, 0.6) is 0 Å². The number of benzene rings is 1. The van der Waals surface area contributed by atoms with Crippen molar-refractivity contribution in [3.63, 3.8) is 0 Å². The largest absolute Gasteiger partial charge is 0.388 e. The number of aliphatic hydroxyl groups is 1. The molecule has 4 atom stereocenters. The van der Waals surface area contributed by atoms with E-state index < -0.39 is 6.10 Å². The number of hydrogen-bond acceptors (Lipinski definition) is 2. The number of nitrogens with zero attached hydrogens (tertiary/aromatic N) is 1. The highest BCUT2D eigenvalue weighted by atomic mass is 16.3. The summed E-state index contributed by atoms with van der Waals surface area (Å²) >= 11 is 0. The molecule has 1 aliphatic heterocycles. The predicted octanol–water partition coefficient (Wildman–Crippen LogP) is 5.83. The molecule has 0 aromatic heterocycles. The van der Waals surface area contributed by atoms with Crippen LogP contribution in [0.2, 0.25) is 0 Å². The van der Waals surface area contributed by atoms with Gasteiger partial charge in [0.15, 0.2) is 0 Å². The van der Waals surface area contributed by atoms with Crippen LogP contribution in [0.4, 0.5) is 0 Å². The highest BCUT2D eigenvalue weighted by Gasteiger charge is 2.24. The number of aliphatic imine (C=N–C) groups is 1. The number of dihydropyridines is 1. The minimum Gasteiger partial charge on any atom is -0.388 e. The second kappa shape index (κ2) is 9.78. The highest BCUT2D eigenvalue weighted by molar-refractivity contribution is 5.72. The van der Waals surface area contributed by atoms with Gasteiger partial charge in [0, 0.05) is 6.21 Å². The third kappa shape index (κ3) is 5.04. The fourth-order valence-corrected chi connectivity index (χ4v) is 3.73. The fourth-order valence-electron chi connectivity index (χ4n) is 3.73. The maximum absolute atomic E-state index is 11.0. The SMILES string of the molecule is CCCCC(CC)c1ccccc1[C@H](O)C(C)CC1CC=CC=N1. The Balaban J connectivity index is 2.11. The van der Waals surface area contributed by atoms with Crippen LogP contribution >= 0.6 is 0 Å². The second-order valence-electron chi connectivity index (χ2n) is 7.15. The molecule has 0 fully saturated rings. The van der Waals surface area contributed by atoms with E-state index in [1.54, 1.807) is 0 Å². The first-order valence-electron chi connectivity index (χ1n) is 9.62. The average Bonchev–Trinajstić information content (AvgIpc) is 2.63. The smallest absolute Gasteiger partial charge is 0.0819 e. The van der Waals surface area contributed by atoms with Crippen LogP contribution < -0.4 is 0 Å². The molecule has 24 heavy (non-hydrogen) atoms. The van der Waals surface area contributed by atoms with E-state index in [9.17, 15) is 5.11 Å². The van der Waals surface area contributed by atoms with Crippen LogP contribution in [0, 0.1) is 5.92 Å². The zero-order valence-electron chi connectivity index (χ0n) is 15.5. The number of unbranched alkanes of at least 4 members (excludes halogenated alkanes) is 1. The molecule has 1 aromatic carbocycles. The Hall–Kier alpha value is -1.41. The standard InChI is InChI=1S/C22H33NO/c1-4-6-11-18(5-2)20-13-7-8-14-21(20)22(24)17(3)16-19-12-9-10-15-23-19/h7-10,13-15,17-19,22,24H,4-6,11-12,16H2,1-3H3/t17?,18?,19?,22-/m1/s1. The summed E-state index contributed by atoms with van der Waals surface area (Å²) in [5.74, 6) is 0.766. The van der Waals surface area contributed by atoms with Crippen molar-refractivity contribution in [2.75, 3.05) is 0 Å². The molecule has 2 nitrogen and oxygen atoms in total. The van der Waals surface area contributed by atoms with E-state index in [0.29, 0.717) is 12.0 Å². The number of allylic oxidation sites excluding steroid dienone is 1. The molecule has 0 aliphatic carbocycles. The molecule has 2 rings (SSSR count). The molecule has 1 aliphatic rings. The van der Waals surface area contributed by atoms with E-state index in [1.807, 2.05) is 12.3 Å². The first kappa shape index (κ1) is 18.9. The van der Waals surface area contributed by atoms with E-state index in [1.165, 1.54) is 24.8 Å². The van der Waals surface area contributed by atoms with Crippen molar-refractivity contribution in [2.45, 2.75) is 77.4 Å². The number of rotatable bonds is 9. The molecule has 132 valence electrons. The van der Waals surface area contributed by atoms with Crippen molar-refractivity contribution >= 4 is 6.21 Å². The summed E-state index contributed by atoms with van der Waals surface area (Å²) in [7, 11) is 0. The van der Waals surface area contributed by atoms with Crippen molar-refractivity contribution in [3.05, 3.63) is 47.5 Å². The lowest BCUT2D eigenvalue weighted by molar-refractivity contribution is 0.107. The van der Waals surface area contributed by atoms with Crippen molar-refractivity contribution in [3.8, 4) is 0 Å². The van der Waals surface area contributed by atoms with E-state index >= 15 is 0 Å². The van der Waals surface area contributed by atoms with Gasteiger partial charge in [0.25, 0.3) is 0 Å². The molecule has 1 N–H and O–H groups in total. The van der Waals surface area contributed by atoms with Gasteiger partial charge in [-0.1, -0.05) is 64.0 Å². The quantitative estimate of drug-likeness (QED) is 0.608. The topological polar surface area (TPSA) is 32.6 Å². The van der Waals surface area contributed by atoms with Crippen LogP contribution in [0.15, 0.2) is 41.4 Å².